The van der Waals surface area contributed by atoms with E-state index in [4.69, 9.17) is 5.11 Å². The number of carbonyl (C=O) groups is 3. The Kier molecular flexibility index (Phi) is 13.8. The molecular formula is C19H34BrN3O5. The van der Waals surface area contributed by atoms with Gasteiger partial charge in [-0.15, -0.1) is 0 Å². The predicted octanol–water partition coefficient (Wildman–Crippen LogP) is 0.964. The van der Waals surface area contributed by atoms with Crippen LogP contribution in [-0.2, 0) is 14.4 Å². The first-order valence-corrected chi connectivity index (χ1v) is 10.4. The Morgan fingerprint density at radius 1 is 1.04 bits per heavy atom. The van der Waals surface area contributed by atoms with Crippen molar-refractivity contribution in [2.45, 2.75) is 59.0 Å². The Morgan fingerprint density at radius 2 is 1.68 bits per heavy atom. The number of amides is 3. The summed E-state index contributed by atoms with van der Waals surface area (Å²) in [5.74, 6) is -1.12. The van der Waals surface area contributed by atoms with Gasteiger partial charge in [-0.1, -0.05) is 49.5 Å². The molecule has 8 nitrogen and oxygen atoms in total. The highest BCUT2D eigenvalue weighted by Gasteiger charge is 2.32. The number of hydrogen-bond donors (Lipinski definition) is 5. The predicted molar refractivity (Wildman–Crippen MR) is 112 cm³/mol. The largest absolute Gasteiger partial charge is 0.396 e. The van der Waals surface area contributed by atoms with E-state index in [-0.39, 0.29) is 37.9 Å². The van der Waals surface area contributed by atoms with E-state index in [0.717, 1.165) is 30.2 Å². The molecule has 0 unspecified atom stereocenters. The number of halogens is 1. The highest BCUT2D eigenvalue weighted by molar-refractivity contribution is 9.11. The summed E-state index contributed by atoms with van der Waals surface area (Å²) < 4.78 is 0.852. The Balaban J connectivity index is 3.92. The van der Waals surface area contributed by atoms with E-state index in [9.17, 15) is 19.5 Å². The van der Waals surface area contributed by atoms with E-state index >= 15 is 0 Å². The van der Waals surface area contributed by atoms with E-state index in [1.807, 2.05) is 0 Å². The Labute approximate surface area is 175 Å². The first-order chi connectivity index (χ1) is 13.1. The third kappa shape index (κ3) is 12.1. The topological polar surface area (TPSA) is 128 Å². The Hall–Kier alpha value is -1.45. The summed E-state index contributed by atoms with van der Waals surface area (Å²) in [4.78, 5) is 35.2. The lowest BCUT2D eigenvalue weighted by atomic mass is 9.87. The number of aliphatic hydroxyl groups excluding tert-OH is 2. The van der Waals surface area contributed by atoms with Gasteiger partial charge in [0.1, 0.15) is 6.10 Å². The van der Waals surface area contributed by atoms with Crippen LogP contribution in [-0.4, -0.2) is 60.3 Å². The first-order valence-electron chi connectivity index (χ1n) is 9.61. The van der Waals surface area contributed by atoms with Crippen LogP contribution < -0.4 is 16.0 Å². The van der Waals surface area contributed by atoms with Crippen molar-refractivity contribution in [3.05, 3.63) is 10.6 Å². The van der Waals surface area contributed by atoms with Crippen LogP contribution in [0.15, 0.2) is 10.6 Å². The zero-order chi connectivity index (χ0) is 21.6. The number of rotatable bonds is 14. The monoisotopic (exact) mass is 463 g/mol. The molecule has 0 aromatic heterocycles. The molecule has 5 N–H and O–H groups in total. The summed E-state index contributed by atoms with van der Waals surface area (Å²) in [5.41, 5.74) is -0.954. The van der Waals surface area contributed by atoms with Crippen LogP contribution in [0, 0.1) is 5.41 Å². The van der Waals surface area contributed by atoms with Gasteiger partial charge in [0.05, 0.1) is 6.61 Å². The molecule has 28 heavy (non-hydrogen) atoms. The van der Waals surface area contributed by atoms with E-state index in [0.29, 0.717) is 6.54 Å². The molecule has 3 amide bonds. The van der Waals surface area contributed by atoms with E-state index in [2.05, 4.69) is 38.8 Å². The molecule has 0 aliphatic rings. The van der Waals surface area contributed by atoms with E-state index < -0.39 is 17.4 Å². The quantitative estimate of drug-likeness (QED) is 0.193. The molecule has 0 aliphatic heterocycles. The minimum absolute atomic E-state index is 0.0504. The van der Waals surface area contributed by atoms with Gasteiger partial charge in [-0.05, 0) is 12.8 Å². The smallest absolute Gasteiger partial charge is 0.249 e. The van der Waals surface area contributed by atoms with Gasteiger partial charge in [-0.3, -0.25) is 14.4 Å². The summed E-state index contributed by atoms with van der Waals surface area (Å²) in [7, 11) is 0. The van der Waals surface area contributed by atoms with Crippen LogP contribution >= 0.6 is 15.9 Å². The molecule has 0 aliphatic carbocycles. The Bertz CT molecular complexity index is 538. The molecule has 1 atom stereocenters. The van der Waals surface area contributed by atoms with E-state index in [1.54, 1.807) is 13.8 Å². The fraction of sp³-hybridized carbons (Fsp3) is 0.737. The molecule has 0 saturated carbocycles. The molecule has 0 saturated heterocycles. The van der Waals surface area contributed by atoms with E-state index in [1.165, 1.54) is 6.08 Å². The third-order valence-electron chi connectivity index (χ3n) is 4.10. The summed E-state index contributed by atoms with van der Waals surface area (Å²) >= 11 is 3.37. The first kappa shape index (κ1) is 26.6. The average Bonchev–Trinajstić information content (AvgIpc) is 2.64. The van der Waals surface area contributed by atoms with Crippen molar-refractivity contribution < 1.29 is 24.6 Å². The molecule has 0 aromatic carbocycles. The van der Waals surface area contributed by atoms with Crippen LogP contribution in [0.4, 0.5) is 0 Å². The maximum Gasteiger partial charge on any atom is 0.249 e. The molecule has 0 radical (unpaired) electrons. The summed E-state index contributed by atoms with van der Waals surface area (Å²) in [6.45, 7) is 5.57. The van der Waals surface area contributed by atoms with Gasteiger partial charge in [0.25, 0.3) is 0 Å². The fourth-order valence-electron chi connectivity index (χ4n) is 2.12. The number of nitrogens with one attached hydrogen (secondary N) is 3. The van der Waals surface area contributed by atoms with Crippen molar-refractivity contribution in [3.63, 3.8) is 0 Å². The molecule has 0 rings (SSSR count). The van der Waals surface area contributed by atoms with Crippen molar-refractivity contribution >= 4 is 33.7 Å². The molecule has 0 bridgehead atoms. The normalized spacial score (nSPS) is 13.0. The van der Waals surface area contributed by atoms with Gasteiger partial charge in [-0.2, -0.15) is 0 Å². The standard InChI is InChI=1S/C19H34BrN3O5/c1-4-5-6-7-14(20)12-16(26)22-11-10-21-15(25)8-9-23-18(28)17(27)19(2,3)13-24/h12,17,24,27H,4-11,13H2,1-3H3,(H,21,25)(H,22,26)(H,23,28)/b14-12-/t17-/m0/s1. The van der Waals surface area contributed by atoms with Gasteiger partial charge in [0.15, 0.2) is 0 Å². The molecular weight excluding hydrogens is 430 g/mol. The number of allylic oxidation sites excluding steroid dienone is 1. The second kappa shape index (κ2) is 14.5. The van der Waals surface area contributed by atoms with Crippen molar-refractivity contribution in [2.75, 3.05) is 26.2 Å². The molecule has 0 aromatic rings. The number of hydrogen-bond acceptors (Lipinski definition) is 5. The second-order valence-corrected chi connectivity index (χ2v) is 8.30. The van der Waals surface area contributed by atoms with Crippen molar-refractivity contribution in [2.24, 2.45) is 5.41 Å². The van der Waals surface area contributed by atoms with Gasteiger partial charge >= 0.3 is 0 Å². The summed E-state index contributed by atoms with van der Waals surface area (Å²) in [6.07, 6.45) is 4.30. The van der Waals surface area contributed by atoms with Gasteiger partial charge < -0.3 is 26.2 Å². The highest BCUT2D eigenvalue weighted by atomic mass is 79.9. The van der Waals surface area contributed by atoms with Crippen LogP contribution in [0.25, 0.3) is 0 Å². The van der Waals surface area contributed by atoms with Gasteiger partial charge in [-0.25, -0.2) is 0 Å². The van der Waals surface area contributed by atoms with Crippen molar-refractivity contribution in [1.82, 2.24) is 16.0 Å². The van der Waals surface area contributed by atoms with Crippen LogP contribution in [0.1, 0.15) is 52.9 Å². The van der Waals surface area contributed by atoms with Crippen LogP contribution in [0.2, 0.25) is 0 Å². The molecule has 162 valence electrons. The van der Waals surface area contributed by atoms with Crippen LogP contribution in [0.3, 0.4) is 0 Å². The minimum atomic E-state index is -1.36. The van der Waals surface area contributed by atoms with Crippen molar-refractivity contribution in [1.29, 1.82) is 0 Å². The second-order valence-electron chi connectivity index (χ2n) is 7.28. The summed E-state index contributed by atoms with van der Waals surface area (Å²) in [5, 5.41) is 26.8. The maximum absolute atomic E-state index is 11.8. The zero-order valence-corrected chi connectivity index (χ0v) is 18.6. The molecule has 9 heteroatoms. The molecule has 0 fully saturated rings. The van der Waals surface area contributed by atoms with Crippen molar-refractivity contribution in [3.8, 4) is 0 Å². The number of carbonyl (C=O) groups excluding carboxylic acids is 3. The fourth-order valence-corrected chi connectivity index (χ4v) is 2.61. The molecule has 0 heterocycles. The number of aliphatic hydroxyl groups is 2. The Morgan fingerprint density at radius 3 is 2.29 bits per heavy atom. The summed E-state index contributed by atoms with van der Waals surface area (Å²) in [6, 6.07) is 0. The third-order valence-corrected chi connectivity index (χ3v) is 4.73. The SMILES string of the molecule is CCCCC/C(Br)=C/C(=O)NCCNC(=O)CCNC(=O)[C@H](O)C(C)(C)CO. The zero-order valence-electron chi connectivity index (χ0n) is 17.0. The van der Waals surface area contributed by atoms with Gasteiger partial charge in [0.2, 0.25) is 17.7 Å². The minimum Gasteiger partial charge on any atom is -0.396 e. The number of unbranched alkanes of at least 4 members (excludes halogenated alkanes) is 2. The van der Waals surface area contributed by atoms with Crippen LogP contribution in [0.5, 0.6) is 0 Å². The lowest BCUT2D eigenvalue weighted by Gasteiger charge is -2.27. The van der Waals surface area contributed by atoms with Gasteiger partial charge in [0, 0.05) is 42.0 Å². The highest BCUT2D eigenvalue weighted by Crippen LogP contribution is 2.19. The maximum atomic E-state index is 11.8. The lowest BCUT2D eigenvalue weighted by Crippen LogP contribution is -2.46. The molecule has 0 spiro atoms. The lowest BCUT2D eigenvalue weighted by molar-refractivity contribution is -0.137. The average molecular weight is 464 g/mol.